The molecule has 0 aliphatic rings. The first-order valence-corrected chi connectivity index (χ1v) is 10.3. The molecule has 0 atom stereocenters. The summed E-state index contributed by atoms with van der Waals surface area (Å²) in [5.74, 6) is 0.521. The molecule has 4 nitrogen and oxygen atoms in total. The van der Waals surface area contributed by atoms with Crippen molar-refractivity contribution >= 4 is 41.8 Å². The predicted molar refractivity (Wildman–Crippen MR) is 131 cm³/mol. The molecule has 0 heterocycles. The third kappa shape index (κ3) is 3.55. The molecule has 6 heteroatoms. The molecule has 0 aliphatic carbocycles. The molecule has 0 aromatic heterocycles. The Kier molecular flexibility index (Phi) is 5.41. The second-order valence-electron chi connectivity index (χ2n) is 7.59. The van der Waals surface area contributed by atoms with Gasteiger partial charge in [0.05, 0.1) is 0 Å². The molecule has 5 aromatic carbocycles. The van der Waals surface area contributed by atoms with Crippen molar-refractivity contribution < 1.29 is 19.7 Å². The van der Waals surface area contributed by atoms with Crippen LogP contribution < -0.4 is 10.1 Å². The first kappa shape index (κ1) is 20.3. The van der Waals surface area contributed by atoms with Crippen LogP contribution in [-0.2, 0) is 0 Å². The van der Waals surface area contributed by atoms with Crippen molar-refractivity contribution in [1.29, 1.82) is 0 Å². The van der Waals surface area contributed by atoms with Gasteiger partial charge in [0.1, 0.15) is 5.75 Å². The summed E-state index contributed by atoms with van der Waals surface area (Å²) < 4.78 is 5.23. The van der Waals surface area contributed by atoms with Crippen molar-refractivity contribution in [3.8, 4) is 28.0 Å². The topological polar surface area (TPSA) is 69.9 Å². The standard InChI is InChI=1S/C26H19B2O4/c29-27-32-20-10-6-8-18(16-20)26-24-14-4-2-12-22(24)21-11-1-3-13-23(21)25(26)17-7-5-9-19(15-17)28(30)31/h1-16,29-31H. The van der Waals surface area contributed by atoms with E-state index in [9.17, 15) is 10.0 Å². The van der Waals surface area contributed by atoms with E-state index in [1.165, 1.54) is 0 Å². The lowest BCUT2D eigenvalue weighted by Crippen LogP contribution is -2.29. The number of rotatable bonds is 5. The lowest BCUT2D eigenvalue weighted by molar-refractivity contribution is 0.426. The van der Waals surface area contributed by atoms with E-state index in [-0.39, 0.29) is 0 Å². The number of fused-ring (bicyclic) bond motifs is 3. The molecule has 1 radical (unpaired) electrons. The Morgan fingerprint density at radius 2 is 1.12 bits per heavy atom. The Morgan fingerprint density at radius 1 is 0.594 bits per heavy atom. The molecule has 0 aliphatic heterocycles. The van der Waals surface area contributed by atoms with E-state index in [0.717, 1.165) is 43.8 Å². The molecular formula is C26H19B2O4. The highest BCUT2D eigenvalue weighted by molar-refractivity contribution is 6.58. The van der Waals surface area contributed by atoms with Crippen LogP contribution in [0.5, 0.6) is 5.75 Å². The fourth-order valence-corrected chi connectivity index (χ4v) is 4.38. The third-order valence-electron chi connectivity index (χ3n) is 5.72. The molecule has 0 unspecified atom stereocenters. The Morgan fingerprint density at radius 3 is 1.69 bits per heavy atom. The molecule has 0 fully saturated rings. The van der Waals surface area contributed by atoms with Crippen molar-refractivity contribution in [2.75, 3.05) is 0 Å². The van der Waals surface area contributed by atoms with Gasteiger partial charge in [0.25, 0.3) is 0 Å². The maximum absolute atomic E-state index is 9.77. The average molecular weight is 417 g/mol. The molecular weight excluding hydrogens is 398 g/mol. The average Bonchev–Trinajstić information content (AvgIpc) is 2.83. The van der Waals surface area contributed by atoms with E-state index in [1.54, 1.807) is 12.1 Å². The Labute approximate surface area is 186 Å². The van der Waals surface area contributed by atoms with E-state index < -0.39 is 7.12 Å². The Balaban J connectivity index is 1.94. The van der Waals surface area contributed by atoms with Crippen molar-refractivity contribution in [3.63, 3.8) is 0 Å². The zero-order chi connectivity index (χ0) is 22.1. The van der Waals surface area contributed by atoms with Gasteiger partial charge in [-0.3, -0.25) is 0 Å². The van der Waals surface area contributed by atoms with Crippen molar-refractivity contribution in [3.05, 3.63) is 97.1 Å². The summed E-state index contributed by atoms with van der Waals surface area (Å²) in [5, 5.41) is 33.0. The zero-order valence-corrected chi connectivity index (χ0v) is 17.1. The van der Waals surface area contributed by atoms with Crippen LogP contribution >= 0.6 is 0 Å². The van der Waals surface area contributed by atoms with E-state index in [1.807, 2.05) is 60.7 Å². The Hall–Kier alpha value is -3.57. The van der Waals surface area contributed by atoms with Gasteiger partial charge in [-0.05, 0) is 61.4 Å². The number of hydrogen-bond donors (Lipinski definition) is 3. The van der Waals surface area contributed by atoms with Crippen molar-refractivity contribution in [2.24, 2.45) is 0 Å². The normalized spacial score (nSPS) is 11.0. The molecule has 5 aromatic rings. The van der Waals surface area contributed by atoms with E-state index in [4.69, 9.17) is 9.68 Å². The SMILES string of the molecule is O[B]Oc1cccc(-c2c(-c3cccc(B(O)O)c3)c3ccccc3c3ccccc23)c1. The molecule has 0 spiro atoms. The summed E-state index contributed by atoms with van der Waals surface area (Å²) in [6.45, 7) is 0. The minimum atomic E-state index is -1.55. The summed E-state index contributed by atoms with van der Waals surface area (Å²) in [6.07, 6.45) is 0. The van der Waals surface area contributed by atoms with Crippen molar-refractivity contribution in [2.45, 2.75) is 0 Å². The second kappa shape index (κ2) is 8.52. The number of benzene rings is 5. The molecule has 5 rings (SSSR count). The molecule has 0 amide bonds. The highest BCUT2D eigenvalue weighted by atomic mass is 16.5. The summed E-state index contributed by atoms with van der Waals surface area (Å²) in [5.41, 5.74) is 4.24. The molecule has 0 bridgehead atoms. The first-order valence-electron chi connectivity index (χ1n) is 10.3. The highest BCUT2D eigenvalue weighted by Crippen LogP contribution is 2.44. The Bertz CT molecular complexity index is 1430. The lowest BCUT2D eigenvalue weighted by atomic mass is 9.77. The van der Waals surface area contributed by atoms with Gasteiger partial charge >= 0.3 is 14.8 Å². The minimum absolute atomic E-state index is 0.428. The summed E-state index contributed by atoms with van der Waals surface area (Å²) >= 11 is 0. The zero-order valence-electron chi connectivity index (χ0n) is 17.1. The van der Waals surface area contributed by atoms with Crippen LogP contribution in [0, 0.1) is 0 Å². The fourth-order valence-electron chi connectivity index (χ4n) is 4.38. The molecule has 0 saturated heterocycles. The van der Waals surface area contributed by atoms with Crippen LogP contribution in [0.25, 0.3) is 43.8 Å². The monoisotopic (exact) mass is 417 g/mol. The molecule has 3 N–H and O–H groups in total. The summed E-state index contributed by atoms with van der Waals surface area (Å²) in [7, 11) is -0.882. The lowest BCUT2D eigenvalue weighted by Gasteiger charge is -2.19. The van der Waals surface area contributed by atoms with Crippen LogP contribution in [0.3, 0.4) is 0 Å². The van der Waals surface area contributed by atoms with Gasteiger partial charge in [-0.25, -0.2) is 0 Å². The van der Waals surface area contributed by atoms with Crippen LogP contribution in [0.2, 0.25) is 0 Å². The van der Waals surface area contributed by atoms with Crippen LogP contribution in [0.4, 0.5) is 0 Å². The summed E-state index contributed by atoms with van der Waals surface area (Å²) in [6, 6.07) is 31.4. The third-order valence-corrected chi connectivity index (χ3v) is 5.72. The van der Waals surface area contributed by atoms with Crippen LogP contribution in [0.1, 0.15) is 0 Å². The molecule has 153 valence electrons. The minimum Gasteiger partial charge on any atom is -0.537 e. The van der Waals surface area contributed by atoms with Gasteiger partial charge in [-0.1, -0.05) is 84.9 Å². The second-order valence-corrected chi connectivity index (χ2v) is 7.59. The van der Waals surface area contributed by atoms with Crippen LogP contribution in [-0.4, -0.2) is 29.9 Å². The van der Waals surface area contributed by atoms with Gasteiger partial charge < -0.3 is 19.7 Å². The van der Waals surface area contributed by atoms with Gasteiger partial charge in [-0.2, -0.15) is 0 Å². The van der Waals surface area contributed by atoms with Crippen LogP contribution in [0.15, 0.2) is 97.1 Å². The van der Waals surface area contributed by atoms with Gasteiger partial charge in [-0.15, -0.1) is 0 Å². The van der Waals surface area contributed by atoms with Gasteiger partial charge in [0, 0.05) is 0 Å². The van der Waals surface area contributed by atoms with Gasteiger partial charge in [0.2, 0.25) is 0 Å². The first-order chi connectivity index (χ1) is 15.7. The van der Waals surface area contributed by atoms with E-state index >= 15 is 0 Å². The summed E-state index contributed by atoms with van der Waals surface area (Å²) in [4.78, 5) is 0. The fraction of sp³-hybridized carbons (Fsp3) is 0. The molecule has 32 heavy (non-hydrogen) atoms. The van der Waals surface area contributed by atoms with Gasteiger partial charge in [0.15, 0.2) is 0 Å². The maximum Gasteiger partial charge on any atom is 0.569 e. The van der Waals surface area contributed by atoms with Crippen molar-refractivity contribution in [1.82, 2.24) is 0 Å². The van der Waals surface area contributed by atoms with E-state index in [2.05, 4.69) is 24.3 Å². The quantitative estimate of drug-likeness (QED) is 0.300. The smallest absolute Gasteiger partial charge is 0.537 e. The maximum atomic E-state index is 9.77. The highest BCUT2D eigenvalue weighted by Gasteiger charge is 2.19. The van der Waals surface area contributed by atoms with E-state index in [0.29, 0.717) is 18.9 Å². The largest absolute Gasteiger partial charge is 0.569 e. The predicted octanol–water partition coefficient (Wildman–Crippen LogP) is 3.91. The number of hydrogen-bond acceptors (Lipinski definition) is 4. The molecule has 0 saturated carbocycles.